The summed E-state index contributed by atoms with van der Waals surface area (Å²) in [6.45, 7) is 12.3. The van der Waals surface area contributed by atoms with Gasteiger partial charge in [-0.3, -0.25) is 0 Å². The zero-order valence-corrected chi connectivity index (χ0v) is 15.6. The number of ether oxygens (including phenoxy) is 6. The molecule has 0 aromatic rings. The Hall–Kier alpha value is -0.730. The van der Waals surface area contributed by atoms with Gasteiger partial charge in [-0.2, -0.15) is 0 Å². The molecule has 7 heteroatoms. The van der Waals surface area contributed by atoms with Crippen molar-refractivity contribution < 1.29 is 33.2 Å². The third-order valence-corrected chi connectivity index (χ3v) is 2.48. The summed E-state index contributed by atoms with van der Waals surface area (Å²) in [5.74, 6) is -0.370. The van der Waals surface area contributed by atoms with Crippen molar-refractivity contribution in [3.05, 3.63) is 0 Å². The van der Waals surface area contributed by atoms with E-state index < -0.39 is 5.60 Å². The molecule has 0 aliphatic carbocycles. The van der Waals surface area contributed by atoms with Gasteiger partial charge in [-0.05, 0) is 27.2 Å². The van der Waals surface area contributed by atoms with Crippen LogP contribution in [0.25, 0.3) is 0 Å². The molecular weight excluding hydrogens is 316 g/mol. The highest BCUT2D eigenvalue weighted by atomic mass is 16.6. The van der Waals surface area contributed by atoms with E-state index in [4.69, 9.17) is 28.4 Å². The van der Waals surface area contributed by atoms with E-state index in [-0.39, 0.29) is 12.6 Å². The number of carbonyl (C=O) groups excluding carboxylic acids is 1. The minimum atomic E-state index is -0.486. The van der Waals surface area contributed by atoms with Crippen LogP contribution in [-0.4, -0.2) is 77.6 Å². The standard InChI is InChI=1S/C17H34O7/c1-5-6-19-7-8-20-9-10-21-11-12-22-13-14-23-15-16(18)24-17(2,3)4/h5-15H2,1-4H3. The van der Waals surface area contributed by atoms with Crippen molar-refractivity contribution in [2.45, 2.75) is 39.7 Å². The number of carbonyl (C=O) groups is 1. The van der Waals surface area contributed by atoms with E-state index in [9.17, 15) is 4.79 Å². The molecule has 0 bridgehead atoms. The van der Waals surface area contributed by atoms with Crippen LogP contribution in [0, 0.1) is 0 Å². The molecule has 0 unspecified atom stereocenters. The van der Waals surface area contributed by atoms with Crippen LogP contribution in [0.4, 0.5) is 0 Å². The van der Waals surface area contributed by atoms with Crippen LogP contribution in [0.1, 0.15) is 34.1 Å². The van der Waals surface area contributed by atoms with E-state index in [1.54, 1.807) is 0 Å². The highest BCUT2D eigenvalue weighted by Crippen LogP contribution is 2.06. The highest BCUT2D eigenvalue weighted by Gasteiger charge is 2.15. The first-order chi connectivity index (χ1) is 11.5. The molecule has 7 nitrogen and oxygen atoms in total. The fraction of sp³-hybridized carbons (Fsp3) is 0.941. The Balaban J connectivity index is 3.14. The Labute approximate surface area is 145 Å². The summed E-state index contributed by atoms with van der Waals surface area (Å²) < 4.78 is 31.6. The van der Waals surface area contributed by atoms with Crippen molar-refractivity contribution in [2.75, 3.05) is 66.1 Å². The van der Waals surface area contributed by atoms with E-state index in [0.29, 0.717) is 52.9 Å². The number of hydrogen-bond donors (Lipinski definition) is 0. The summed E-state index contributed by atoms with van der Waals surface area (Å²) in [6.07, 6.45) is 1.02. The predicted molar refractivity (Wildman–Crippen MR) is 90.2 cm³/mol. The molecule has 0 radical (unpaired) electrons. The first-order valence-corrected chi connectivity index (χ1v) is 8.56. The summed E-state index contributed by atoms with van der Waals surface area (Å²) in [6, 6.07) is 0. The lowest BCUT2D eigenvalue weighted by molar-refractivity contribution is -0.160. The van der Waals surface area contributed by atoms with Gasteiger partial charge < -0.3 is 28.4 Å². The molecule has 0 spiro atoms. The van der Waals surface area contributed by atoms with E-state index >= 15 is 0 Å². The summed E-state index contributed by atoms with van der Waals surface area (Å²) in [4.78, 5) is 11.4. The van der Waals surface area contributed by atoms with Gasteiger partial charge in [0.1, 0.15) is 12.2 Å². The Morgan fingerprint density at radius 2 is 1.04 bits per heavy atom. The van der Waals surface area contributed by atoms with Crippen molar-refractivity contribution in [2.24, 2.45) is 0 Å². The molecule has 144 valence electrons. The van der Waals surface area contributed by atoms with Crippen LogP contribution in [0.5, 0.6) is 0 Å². The summed E-state index contributed by atoms with van der Waals surface area (Å²) in [7, 11) is 0. The molecular formula is C17H34O7. The molecule has 0 aliphatic rings. The third kappa shape index (κ3) is 19.3. The van der Waals surface area contributed by atoms with Gasteiger partial charge in [0, 0.05) is 6.61 Å². The molecule has 0 saturated heterocycles. The van der Waals surface area contributed by atoms with E-state index in [0.717, 1.165) is 13.0 Å². The van der Waals surface area contributed by atoms with Crippen molar-refractivity contribution in [1.82, 2.24) is 0 Å². The Kier molecular flexibility index (Phi) is 15.3. The highest BCUT2D eigenvalue weighted by molar-refractivity contribution is 5.71. The van der Waals surface area contributed by atoms with Gasteiger partial charge in [0.2, 0.25) is 0 Å². The van der Waals surface area contributed by atoms with Gasteiger partial charge in [-0.25, -0.2) is 4.79 Å². The number of rotatable bonds is 16. The lowest BCUT2D eigenvalue weighted by atomic mass is 10.2. The van der Waals surface area contributed by atoms with Crippen molar-refractivity contribution in [3.63, 3.8) is 0 Å². The number of hydrogen-bond acceptors (Lipinski definition) is 7. The molecule has 0 aromatic heterocycles. The Morgan fingerprint density at radius 3 is 1.42 bits per heavy atom. The van der Waals surface area contributed by atoms with Gasteiger partial charge in [0.05, 0.1) is 52.9 Å². The fourth-order valence-electron chi connectivity index (χ4n) is 1.55. The van der Waals surface area contributed by atoms with Gasteiger partial charge in [-0.15, -0.1) is 0 Å². The maximum Gasteiger partial charge on any atom is 0.332 e. The Bertz CT molecular complexity index is 289. The third-order valence-electron chi connectivity index (χ3n) is 2.48. The Morgan fingerprint density at radius 1 is 0.667 bits per heavy atom. The zero-order valence-electron chi connectivity index (χ0n) is 15.6. The monoisotopic (exact) mass is 350 g/mol. The van der Waals surface area contributed by atoms with Crippen molar-refractivity contribution in [1.29, 1.82) is 0 Å². The zero-order chi connectivity index (χ0) is 18.1. The summed E-state index contributed by atoms with van der Waals surface area (Å²) >= 11 is 0. The fourth-order valence-corrected chi connectivity index (χ4v) is 1.55. The minimum Gasteiger partial charge on any atom is -0.458 e. The van der Waals surface area contributed by atoms with Crippen LogP contribution in [0.3, 0.4) is 0 Å². The second-order valence-electron chi connectivity index (χ2n) is 6.09. The van der Waals surface area contributed by atoms with E-state index in [2.05, 4.69) is 6.92 Å². The minimum absolute atomic E-state index is 0.0591. The lowest BCUT2D eigenvalue weighted by Gasteiger charge is -2.19. The van der Waals surface area contributed by atoms with Crippen LogP contribution in [0.2, 0.25) is 0 Å². The quantitative estimate of drug-likeness (QED) is 0.310. The smallest absolute Gasteiger partial charge is 0.332 e. The second-order valence-corrected chi connectivity index (χ2v) is 6.09. The molecule has 0 amide bonds. The molecule has 0 aliphatic heterocycles. The predicted octanol–water partition coefficient (Wildman–Crippen LogP) is 1.82. The molecule has 0 fully saturated rings. The summed E-state index contributed by atoms with van der Waals surface area (Å²) in [5, 5.41) is 0. The SMILES string of the molecule is CCCOCCOCCOCCOCCOCC(=O)OC(C)(C)C. The first kappa shape index (κ1) is 23.3. The topological polar surface area (TPSA) is 72.5 Å². The maximum absolute atomic E-state index is 11.4. The van der Waals surface area contributed by atoms with Gasteiger partial charge >= 0.3 is 5.97 Å². The molecule has 0 atom stereocenters. The normalized spacial score (nSPS) is 11.7. The molecule has 0 saturated carbocycles. The lowest BCUT2D eigenvalue weighted by Crippen LogP contribution is -2.27. The molecule has 0 aromatic carbocycles. The van der Waals surface area contributed by atoms with Crippen LogP contribution in [0.15, 0.2) is 0 Å². The molecule has 0 heterocycles. The van der Waals surface area contributed by atoms with Gasteiger partial charge in [0.15, 0.2) is 0 Å². The second kappa shape index (κ2) is 15.8. The van der Waals surface area contributed by atoms with E-state index in [1.165, 1.54) is 0 Å². The van der Waals surface area contributed by atoms with Gasteiger partial charge in [-0.1, -0.05) is 6.92 Å². The van der Waals surface area contributed by atoms with Crippen LogP contribution in [-0.2, 0) is 33.2 Å². The van der Waals surface area contributed by atoms with Crippen LogP contribution < -0.4 is 0 Å². The molecule has 24 heavy (non-hydrogen) atoms. The molecule has 0 N–H and O–H groups in total. The maximum atomic E-state index is 11.4. The van der Waals surface area contributed by atoms with Gasteiger partial charge in [0.25, 0.3) is 0 Å². The van der Waals surface area contributed by atoms with Crippen LogP contribution >= 0.6 is 0 Å². The average molecular weight is 350 g/mol. The summed E-state index contributed by atoms with van der Waals surface area (Å²) in [5.41, 5.74) is -0.486. The first-order valence-electron chi connectivity index (χ1n) is 8.56. The van der Waals surface area contributed by atoms with E-state index in [1.807, 2.05) is 20.8 Å². The van der Waals surface area contributed by atoms with Crippen molar-refractivity contribution in [3.8, 4) is 0 Å². The van der Waals surface area contributed by atoms with Crippen molar-refractivity contribution >= 4 is 5.97 Å². The molecule has 0 rings (SSSR count). The largest absolute Gasteiger partial charge is 0.458 e. The average Bonchev–Trinajstić information content (AvgIpc) is 2.49. The number of esters is 1.